The van der Waals surface area contributed by atoms with E-state index in [0.29, 0.717) is 15.4 Å². The van der Waals surface area contributed by atoms with Gasteiger partial charge in [-0.15, -0.1) is 0 Å². The summed E-state index contributed by atoms with van der Waals surface area (Å²) in [5.41, 5.74) is -0.843. The number of carbonyl (C=O) groups is 1. The van der Waals surface area contributed by atoms with Crippen LogP contribution in [0.3, 0.4) is 0 Å². The number of halogens is 5. The number of hydrogen-bond acceptors (Lipinski definition) is 1. The molecule has 1 aromatic rings. The molecule has 1 rings (SSSR count). The monoisotopic (exact) mass is 421 g/mol. The Morgan fingerprint density at radius 2 is 2.06 bits per heavy atom. The van der Waals surface area contributed by atoms with Gasteiger partial charge in [0.1, 0.15) is 0 Å². The van der Waals surface area contributed by atoms with Crippen molar-refractivity contribution in [3.05, 3.63) is 33.8 Å². The first-order valence-corrected chi connectivity index (χ1v) is 6.89. The van der Waals surface area contributed by atoms with Crippen molar-refractivity contribution in [1.82, 2.24) is 5.32 Å². The number of amides is 1. The van der Waals surface area contributed by atoms with Crippen molar-refractivity contribution in [2.24, 2.45) is 0 Å². The predicted octanol–water partition coefficient (Wildman–Crippen LogP) is 3.63. The van der Waals surface area contributed by atoms with Crippen molar-refractivity contribution in [2.45, 2.75) is 6.18 Å². The Balaban J connectivity index is 3.02. The van der Waals surface area contributed by atoms with E-state index in [2.05, 4.69) is 43.8 Å². The topological polar surface area (TPSA) is 29.1 Å². The van der Waals surface area contributed by atoms with E-state index in [1.165, 1.54) is 6.07 Å². The van der Waals surface area contributed by atoms with E-state index < -0.39 is 17.6 Å². The second-order valence-electron chi connectivity index (χ2n) is 3.14. The molecule has 1 aromatic carbocycles. The first-order valence-electron chi connectivity index (χ1n) is 4.57. The van der Waals surface area contributed by atoms with Gasteiger partial charge in [0.05, 0.1) is 11.1 Å². The molecule has 1 amide bonds. The molecule has 7 heteroatoms. The van der Waals surface area contributed by atoms with Gasteiger partial charge in [0.2, 0.25) is 0 Å². The third-order valence-corrected chi connectivity index (χ3v) is 3.15. The lowest BCUT2D eigenvalue weighted by atomic mass is 10.1. The summed E-state index contributed by atoms with van der Waals surface area (Å²) in [6.07, 6.45) is -4.45. The van der Waals surface area contributed by atoms with E-state index in [0.717, 1.165) is 12.1 Å². The quantitative estimate of drug-likeness (QED) is 0.586. The fourth-order valence-electron chi connectivity index (χ4n) is 1.13. The zero-order valence-electron chi connectivity index (χ0n) is 8.44. The summed E-state index contributed by atoms with van der Waals surface area (Å²) in [7, 11) is 0. The van der Waals surface area contributed by atoms with Gasteiger partial charge in [-0.05, 0) is 34.1 Å². The molecule has 17 heavy (non-hydrogen) atoms. The van der Waals surface area contributed by atoms with Crippen LogP contribution < -0.4 is 5.32 Å². The smallest absolute Gasteiger partial charge is 0.351 e. The summed E-state index contributed by atoms with van der Waals surface area (Å²) in [4.78, 5) is 11.6. The Hall–Kier alpha value is -0.310. The molecule has 94 valence electrons. The molecule has 0 heterocycles. The molecule has 0 aliphatic rings. The number of rotatable bonds is 3. The predicted molar refractivity (Wildman–Crippen MR) is 70.4 cm³/mol. The lowest BCUT2D eigenvalue weighted by Crippen LogP contribution is -2.25. The molecule has 0 bridgehead atoms. The summed E-state index contributed by atoms with van der Waals surface area (Å²) in [5, 5.41) is 2.52. The lowest BCUT2D eigenvalue weighted by molar-refractivity contribution is -0.137. The highest BCUT2D eigenvalue weighted by Crippen LogP contribution is 2.31. The van der Waals surface area contributed by atoms with Crippen LogP contribution in [0.25, 0.3) is 0 Å². The zero-order valence-corrected chi connectivity index (χ0v) is 12.2. The van der Waals surface area contributed by atoms with E-state index in [9.17, 15) is 18.0 Å². The van der Waals surface area contributed by atoms with Crippen LogP contribution in [0.15, 0.2) is 22.7 Å². The number of benzene rings is 1. The Morgan fingerprint density at radius 1 is 1.41 bits per heavy atom. The van der Waals surface area contributed by atoms with Crippen molar-refractivity contribution in [1.29, 1.82) is 0 Å². The van der Waals surface area contributed by atoms with Gasteiger partial charge in [-0.2, -0.15) is 13.2 Å². The van der Waals surface area contributed by atoms with Crippen LogP contribution >= 0.6 is 38.5 Å². The maximum Gasteiger partial charge on any atom is 0.416 e. The second kappa shape index (κ2) is 6.03. The van der Waals surface area contributed by atoms with Gasteiger partial charge >= 0.3 is 6.18 Å². The first-order chi connectivity index (χ1) is 7.86. The van der Waals surface area contributed by atoms with Gasteiger partial charge < -0.3 is 5.32 Å². The van der Waals surface area contributed by atoms with Gasteiger partial charge in [-0.3, -0.25) is 4.79 Å². The number of nitrogens with one attached hydrogen (secondary N) is 1. The van der Waals surface area contributed by atoms with Crippen LogP contribution in [0, 0.1) is 0 Å². The van der Waals surface area contributed by atoms with E-state index in [1.807, 2.05) is 0 Å². The summed E-state index contributed by atoms with van der Waals surface area (Å²) >= 11 is 5.12. The van der Waals surface area contributed by atoms with E-state index in [-0.39, 0.29) is 5.56 Å². The van der Waals surface area contributed by atoms with Crippen LogP contribution in [0.5, 0.6) is 0 Å². The molecule has 0 fully saturated rings. The summed E-state index contributed by atoms with van der Waals surface area (Å²) in [5.74, 6) is -0.514. The molecule has 0 unspecified atom stereocenters. The van der Waals surface area contributed by atoms with Crippen LogP contribution in [0.4, 0.5) is 13.2 Å². The first kappa shape index (κ1) is 14.7. The van der Waals surface area contributed by atoms with Crippen molar-refractivity contribution in [3.63, 3.8) is 0 Å². The number of alkyl halides is 4. The van der Waals surface area contributed by atoms with Gasteiger partial charge in [-0.25, -0.2) is 0 Å². The summed E-state index contributed by atoms with van der Waals surface area (Å²) in [6, 6.07) is 2.99. The Labute approximate surface area is 118 Å². The van der Waals surface area contributed by atoms with Gasteiger partial charge in [0.15, 0.2) is 0 Å². The van der Waals surface area contributed by atoms with Crippen LogP contribution in [-0.2, 0) is 6.18 Å². The maximum atomic E-state index is 12.5. The second-order valence-corrected chi connectivity index (χ2v) is 5.07. The zero-order chi connectivity index (χ0) is 13.1. The van der Waals surface area contributed by atoms with Gasteiger partial charge in [0, 0.05) is 15.4 Å². The Bertz CT molecular complexity index is 423. The molecule has 0 saturated carbocycles. The van der Waals surface area contributed by atoms with Crippen molar-refractivity contribution in [2.75, 3.05) is 11.0 Å². The average molecular weight is 422 g/mol. The fraction of sp³-hybridized carbons (Fsp3) is 0.300. The van der Waals surface area contributed by atoms with Gasteiger partial charge in [-0.1, -0.05) is 22.6 Å². The third kappa shape index (κ3) is 4.13. The average Bonchev–Trinajstić information content (AvgIpc) is 2.24. The minimum absolute atomic E-state index is 0.00956. The third-order valence-electron chi connectivity index (χ3n) is 1.92. The Kier molecular flexibility index (Phi) is 5.23. The molecular formula is C10H8BrF3INO. The van der Waals surface area contributed by atoms with Crippen molar-refractivity contribution < 1.29 is 18.0 Å². The summed E-state index contributed by atoms with van der Waals surface area (Å²) in [6.45, 7) is 0.419. The SMILES string of the molecule is O=C(NCCI)c1cc(C(F)(F)F)ccc1Br. The van der Waals surface area contributed by atoms with Crippen LogP contribution in [0.2, 0.25) is 0 Å². The minimum atomic E-state index is -4.45. The molecule has 0 spiro atoms. The molecule has 2 nitrogen and oxygen atoms in total. The Morgan fingerprint density at radius 3 is 2.59 bits per heavy atom. The van der Waals surface area contributed by atoms with E-state index >= 15 is 0 Å². The van der Waals surface area contributed by atoms with Crippen molar-refractivity contribution in [3.8, 4) is 0 Å². The molecule has 0 aliphatic heterocycles. The normalized spacial score (nSPS) is 11.4. The van der Waals surface area contributed by atoms with E-state index in [4.69, 9.17) is 0 Å². The fourth-order valence-corrected chi connectivity index (χ4v) is 1.83. The molecule has 0 aliphatic carbocycles. The largest absolute Gasteiger partial charge is 0.416 e. The van der Waals surface area contributed by atoms with Crippen LogP contribution in [0.1, 0.15) is 15.9 Å². The van der Waals surface area contributed by atoms with E-state index in [1.54, 1.807) is 0 Å². The molecule has 0 atom stereocenters. The molecule has 0 aromatic heterocycles. The number of hydrogen-bond donors (Lipinski definition) is 1. The molecule has 0 radical (unpaired) electrons. The maximum absolute atomic E-state index is 12.5. The highest BCUT2D eigenvalue weighted by Gasteiger charge is 2.31. The highest BCUT2D eigenvalue weighted by molar-refractivity contribution is 14.1. The number of carbonyl (C=O) groups excluding carboxylic acids is 1. The standard InChI is InChI=1S/C10H8BrF3INO/c11-8-2-1-6(10(12,13)14)5-7(8)9(17)16-4-3-15/h1-2,5H,3-4H2,(H,16,17). The minimum Gasteiger partial charge on any atom is -0.351 e. The lowest BCUT2D eigenvalue weighted by Gasteiger charge is -2.10. The van der Waals surface area contributed by atoms with Crippen molar-refractivity contribution >= 4 is 44.4 Å². The molecule has 1 N–H and O–H groups in total. The van der Waals surface area contributed by atoms with Gasteiger partial charge in [0.25, 0.3) is 5.91 Å². The highest BCUT2D eigenvalue weighted by atomic mass is 127. The molecule has 0 saturated heterocycles. The summed E-state index contributed by atoms with van der Waals surface area (Å²) < 4.78 is 38.4. The van der Waals surface area contributed by atoms with Crippen LogP contribution in [-0.4, -0.2) is 16.9 Å². The molecular weight excluding hydrogens is 414 g/mol.